The molecule has 2 aromatic rings. The van der Waals surface area contributed by atoms with Crippen molar-refractivity contribution in [3.8, 4) is 11.5 Å². The number of nitrogens with zero attached hydrogens (tertiary/aromatic N) is 5. The molecule has 1 aliphatic carbocycles. The van der Waals surface area contributed by atoms with E-state index in [9.17, 15) is 4.79 Å². The normalized spacial score (nSPS) is 23.7. The van der Waals surface area contributed by atoms with Crippen LogP contribution in [0.1, 0.15) is 36.9 Å². The number of carbonyl (C=O) groups is 1. The molecule has 2 aliphatic heterocycles. The number of aliphatic imine (C=N–C) groups is 1. The first-order valence-electron chi connectivity index (χ1n) is 10.6. The number of carbonyl (C=O) groups excluding carboxylic acids is 1. The molecule has 4 heterocycles. The molecular weight excluding hydrogens is 396 g/mol. The van der Waals surface area contributed by atoms with Gasteiger partial charge >= 0.3 is 0 Å². The molecule has 1 saturated carbocycles. The SMILES string of the molecule is COC1CCC(N2CC(c3ccc(-c4ncn[nH]4)nc3C)=NC3=C2NCC(=O)N3)CC1. The minimum absolute atomic E-state index is 0.0812. The summed E-state index contributed by atoms with van der Waals surface area (Å²) < 4.78 is 5.55. The molecule has 0 spiro atoms. The second-order valence-corrected chi connectivity index (χ2v) is 8.12. The number of nitrogens with one attached hydrogen (secondary N) is 3. The van der Waals surface area contributed by atoms with Gasteiger partial charge in [0, 0.05) is 24.4 Å². The van der Waals surface area contributed by atoms with Crippen LogP contribution in [0.5, 0.6) is 0 Å². The van der Waals surface area contributed by atoms with Crippen molar-refractivity contribution in [3.63, 3.8) is 0 Å². The molecule has 3 N–H and O–H groups in total. The standard InChI is InChI=1S/C21H26N8O2/c1-12-15(7-8-16(25-12)19-23-11-24-28-19)17-10-29(13-3-5-14(31-2)6-4-13)21-20(26-17)27-18(30)9-22-21/h7-8,11,13-14,22H,3-6,9-10H2,1-2H3,(H,27,30)(H,23,24,28). The van der Waals surface area contributed by atoms with E-state index < -0.39 is 0 Å². The highest BCUT2D eigenvalue weighted by molar-refractivity contribution is 6.04. The number of amides is 1. The lowest BCUT2D eigenvalue weighted by atomic mass is 9.91. The lowest BCUT2D eigenvalue weighted by Gasteiger charge is -2.42. The summed E-state index contributed by atoms with van der Waals surface area (Å²) in [6, 6.07) is 4.30. The van der Waals surface area contributed by atoms with Crippen LogP contribution in [0.25, 0.3) is 11.5 Å². The van der Waals surface area contributed by atoms with Crippen LogP contribution in [-0.4, -0.2) is 69.0 Å². The van der Waals surface area contributed by atoms with Gasteiger partial charge in [-0.3, -0.25) is 9.89 Å². The topological polar surface area (TPSA) is 120 Å². The van der Waals surface area contributed by atoms with Gasteiger partial charge in [0.1, 0.15) is 17.8 Å². The van der Waals surface area contributed by atoms with Gasteiger partial charge in [0.05, 0.1) is 24.9 Å². The Balaban J connectivity index is 1.46. The average Bonchev–Trinajstić information content (AvgIpc) is 3.33. The third-order valence-corrected chi connectivity index (χ3v) is 6.22. The van der Waals surface area contributed by atoms with E-state index in [0.29, 0.717) is 30.3 Å². The van der Waals surface area contributed by atoms with E-state index >= 15 is 0 Å². The summed E-state index contributed by atoms with van der Waals surface area (Å²) in [4.78, 5) is 28.1. The Morgan fingerprint density at radius 1 is 1.19 bits per heavy atom. The molecule has 1 amide bonds. The minimum atomic E-state index is -0.0812. The fourth-order valence-electron chi connectivity index (χ4n) is 4.59. The number of aromatic amines is 1. The first-order valence-corrected chi connectivity index (χ1v) is 10.6. The molecule has 3 aliphatic rings. The number of rotatable bonds is 4. The van der Waals surface area contributed by atoms with E-state index in [1.54, 1.807) is 7.11 Å². The van der Waals surface area contributed by atoms with Crippen molar-refractivity contribution < 1.29 is 9.53 Å². The molecule has 0 saturated heterocycles. The molecule has 162 valence electrons. The summed E-state index contributed by atoms with van der Waals surface area (Å²) in [5.74, 6) is 2.05. The number of pyridine rings is 1. The monoisotopic (exact) mass is 422 g/mol. The minimum Gasteiger partial charge on any atom is -0.381 e. The van der Waals surface area contributed by atoms with Crippen molar-refractivity contribution in [1.29, 1.82) is 0 Å². The highest BCUT2D eigenvalue weighted by Gasteiger charge is 2.34. The predicted molar refractivity (Wildman–Crippen MR) is 114 cm³/mol. The number of aromatic nitrogens is 4. The Morgan fingerprint density at radius 2 is 2.03 bits per heavy atom. The number of ether oxygens (including phenoxy) is 1. The van der Waals surface area contributed by atoms with Crippen LogP contribution >= 0.6 is 0 Å². The lowest BCUT2D eigenvalue weighted by Crippen LogP contribution is -2.53. The van der Waals surface area contributed by atoms with Gasteiger partial charge < -0.3 is 20.3 Å². The van der Waals surface area contributed by atoms with Crippen LogP contribution in [-0.2, 0) is 9.53 Å². The van der Waals surface area contributed by atoms with Crippen LogP contribution in [0.2, 0.25) is 0 Å². The number of H-pyrrole nitrogens is 1. The summed E-state index contributed by atoms with van der Waals surface area (Å²) in [5.41, 5.74) is 3.45. The number of methoxy groups -OCH3 is 1. The Bertz CT molecular complexity index is 1040. The third kappa shape index (κ3) is 3.78. The van der Waals surface area contributed by atoms with E-state index in [4.69, 9.17) is 14.7 Å². The van der Waals surface area contributed by atoms with Crippen LogP contribution in [0.3, 0.4) is 0 Å². The lowest BCUT2D eigenvalue weighted by molar-refractivity contribution is -0.120. The number of hydrogen-bond donors (Lipinski definition) is 3. The Morgan fingerprint density at radius 3 is 2.74 bits per heavy atom. The molecule has 2 aromatic heterocycles. The fraction of sp³-hybridized carbons (Fsp3) is 0.476. The van der Waals surface area contributed by atoms with Crippen LogP contribution < -0.4 is 10.6 Å². The predicted octanol–water partition coefficient (Wildman–Crippen LogP) is 1.08. The largest absolute Gasteiger partial charge is 0.381 e. The van der Waals surface area contributed by atoms with E-state index in [1.165, 1.54) is 6.33 Å². The first-order chi connectivity index (χ1) is 15.1. The molecule has 5 rings (SSSR count). The van der Waals surface area contributed by atoms with Gasteiger partial charge in [0.15, 0.2) is 11.6 Å². The van der Waals surface area contributed by atoms with Crippen molar-refractivity contribution in [3.05, 3.63) is 41.4 Å². The van der Waals surface area contributed by atoms with E-state index in [1.807, 2.05) is 19.1 Å². The second-order valence-electron chi connectivity index (χ2n) is 8.12. The zero-order valence-electron chi connectivity index (χ0n) is 17.7. The molecule has 0 bridgehead atoms. The van der Waals surface area contributed by atoms with Crippen molar-refractivity contribution in [2.75, 3.05) is 20.2 Å². The molecule has 0 unspecified atom stereocenters. The maximum atomic E-state index is 12.0. The first kappa shape index (κ1) is 19.7. The van der Waals surface area contributed by atoms with Crippen molar-refractivity contribution in [2.45, 2.75) is 44.8 Å². The highest BCUT2D eigenvalue weighted by Crippen LogP contribution is 2.30. The molecule has 10 nitrogen and oxygen atoms in total. The van der Waals surface area contributed by atoms with E-state index in [2.05, 4.69) is 30.7 Å². The van der Waals surface area contributed by atoms with Gasteiger partial charge in [-0.2, -0.15) is 5.10 Å². The summed E-state index contributed by atoms with van der Waals surface area (Å²) in [6.07, 6.45) is 5.95. The second kappa shape index (κ2) is 8.10. The van der Waals surface area contributed by atoms with Gasteiger partial charge in [0.25, 0.3) is 0 Å². The Hall–Kier alpha value is -3.27. The maximum absolute atomic E-state index is 12.0. The Labute approximate surface area is 180 Å². The van der Waals surface area contributed by atoms with Crippen LogP contribution in [0.4, 0.5) is 0 Å². The van der Waals surface area contributed by atoms with E-state index in [-0.39, 0.29) is 12.5 Å². The summed E-state index contributed by atoms with van der Waals surface area (Å²) in [6.45, 7) is 2.89. The summed E-state index contributed by atoms with van der Waals surface area (Å²) >= 11 is 0. The van der Waals surface area contributed by atoms with Gasteiger partial charge in [-0.1, -0.05) is 0 Å². The van der Waals surface area contributed by atoms with Gasteiger partial charge in [0.2, 0.25) is 5.91 Å². The zero-order chi connectivity index (χ0) is 21.4. The van der Waals surface area contributed by atoms with Gasteiger partial charge in [-0.15, -0.1) is 0 Å². The van der Waals surface area contributed by atoms with Crippen molar-refractivity contribution in [2.24, 2.45) is 4.99 Å². The molecule has 0 radical (unpaired) electrons. The maximum Gasteiger partial charge on any atom is 0.244 e. The Kier molecular flexibility index (Phi) is 5.14. The molecule has 1 fully saturated rings. The summed E-state index contributed by atoms with van der Waals surface area (Å²) in [5, 5.41) is 13.0. The zero-order valence-corrected chi connectivity index (χ0v) is 17.7. The van der Waals surface area contributed by atoms with Crippen molar-refractivity contribution >= 4 is 11.6 Å². The van der Waals surface area contributed by atoms with Gasteiger partial charge in [-0.05, 0) is 44.7 Å². The molecule has 0 aromatic carbocycles. The molecule has 0 atom stereocenters. The summed E-state index contributed by atoms with van der Waals surface area (Å²) in [7, 11) is 1.79. The van der Waals surface area contributed by atoms with Gasteiger partial charge in [-0.25, -0.2) is 15.0 Å². The molecule has 10 heteroatoms. The smallest absolute Gasteiger partial charge is 0.244 e. The van der Waals surface area contributed by atoms with Crippen molar-refractivity contribution in [1.82, 2.24) is 35.7 Å². The van der Waals surface area contributed by atoms with Crippen LogP contribution in [0.15, 0.2) is 35.1 Å². The highest BCUT2D eigenvalue weighted by atomic mass is 16.5. The number of hydrogen-bond acceptors (Lipinski definition) is 8. The fourth-order valence-corrected chi connectivity index (χ4v) is 4.59. The van der Waals surface area contributed by atoms with E-state index in [0.717, 1.165) is 54.2 Å². The average molecular weight is 422 g/mol. The molecule has 31 heavy (non-hydrogen) atoms. The van der Waals surface area contributed by atoms with Crippen LogP contribution in [0, 0.1) is 6.92 Å². The quantitative estimate of drug-likeness (QED) is 0.674. The number of aryl methyl sites for hydroxylation is 1. The third-order valence-electron chi connectivity index (χ3n) is 6.22. The molecular formula is C21H26N8O2.